The third kappa shape index (κ3) is 3.13. The molecular formula is C14H21FN2O. The lowest BCUT2D eigenvalue weighted by molar-refractivity contribution is 0.386. The second-order valence-electron chi connectivity index (χ2n) is 5.39. The highest BCUT2D eigenvalue weighted by Gasteiger charge is 2.32. The largest absolute Gasteiger partial charge is 0.494 e. The van der Waals surface area contributed by atoms with Gasteiger partial charge in [-0.15, -0.1) is 0 Å². The maximum absolute atomic E-state index is 13.3. The Kier molecular flexibility index (Phi) is 3.76. The van der Waals surface area contributed by atoms with Gasteiger partial charge in [0.25, 0.3) is 0 Å². The summed E-state index contributed by atoms with van der Waals surface area (Å²) in [6.07, 6.45) is 3.65. The standard InChI is InChI=1S/C14H21FN2O/c1-14(9-16,8-10-3-4-10)17-11-5-6-12(15)13(7-11)18-2/h5-7,10,17H,3-4,8-9,16H2,1-2H3. The molecule has 1 saturated carbocycles. The predicted molar refractivity (Wildman–Crippen MR) is 71.4 cm³/mol. The number of nitrogens with two attached hydrogens (primary N) is 1. The fourth-order valence-electron chi connectivity index (χ4n) is 2.23. The van der Waals surface area contributed by atoms with Crippen molar-refractivity contribution in [3.8, 4) is 5.75 Å². The molecular weight excluding hydrogens is 231 g/mol. The number of hydrogen-bond acceptors (Lipinski definition) is 3. The van der Waals surface area contributed by atoms with Gasteiger partial charge < -0.3 is 15.8 Å². The maximum Gasteiger partial charge on any atom is 0.165 e. The van der Waals surface area contributed by atoms with E-state index in [-0.39, 0.29) is 17.1 Å². The summed E-state index contributed by atoms with van der Waals surface area (Å²) < 4.78 is 18.3. The van der Waals surface area contributed by atoms with E-state index in [9.17, 15) is 4.39 Å². The zero-order chi connectivity index (χ0) is 13.2. The van der Waals surface area contributed by atoms with Gasteiger partial charge >= 0.3 is 0 Å². The number of benzene rings is 1. The molecule has 0 aromatic heterocycles. The summed E-state index contributed by atoms with van der Waals surface area (Å²) in [4.78, 5) is 0. The number of halogens is 1. The first-order valence-corrected chi connectivity index (χ1v) is 6.38. The van der Waals surface area contributed by atoms with Gasteiger partial charge in [0.1, 0.15) is 0 Å². The predicted octanol–water partition coefficient (Wildman–Crippen LogP) is 2.76. The van der Waals surface area contributed by atoms with Crippen LogP contribution in [0.3, 0.4) is 0 Å². The first-order chi connectivity index (χ1) is 8.56. The fourth-order valence-corrected chi connectivity index (χ4v) is 2.23. The molecule has 1 atom stereocenters. The van der Waals surface area contributed by atoms with Gasteiger partial charge in [0.2, 0.25) is 0 Å². The van der Waals surface area contributed by atoms with E-state index in [1.165, 1.54) is 26.0 Å². The number of hydrogen-bond donors (Lipinski definition) is 2. The minimum Gasteiger partial charge on any atom is -0.494 e. The monoisotopic (exact) mass is 252 g/mol. The SMILES string of the molecule is COc1cc(NC(C)(CN)CC2CC2)ccc1F. The molecule has 100 valence electrons. The fraction of sp³-hybridized carbons (Fsp3) is 0.571. The summed E-state index contributed by atoms with van der Waals surface area (Å²) in [5.41, 5.74) is 6.58. The van der Waals surface area contributed by atoms with E-state index in [2.05, 4.69) is 12.2 Å². The number of ether oxygens (including phenoxy) is 1. The topological polar surface area (TPSA) is 47.3 Å². The van der Waals surface area contributed by atoms with Crippen molar-refractivity contribution in [2.24, 2.45) is 11.7 Å². The van der Waals surface area contributed by atoms with E-state index in [0.717, 1.165) is 18.0 Å². The minimum absolute atomic E-state index is 0.135. The van der Waals surface area contributed by atoms with E-state index in [1.54, 1.807) is 12.1 Å². The molecule has 3 nitrogen and oxygen atoms in total. The summed E-state index contributed by atoms with van der Waals surface area (Å²) in [5.74, 6) is 0.693. The molecule has 1 aromatic rings. The molecule has 1 aliphatic rings. The Balaban J connectivity index is 2.10. The number of anilines is 1. The van der Waals surface area contributed by atoms with E-state index >= 15 is 0 Å². The quantitative estimate of drug-likeness (QED) is 0.818. The van der Waals surface area contributed by atoms with Crippen molar-refractivity contribution in [2.45, 2.75) is 31.7 Å². The van der Waals surface area contributed by atoms with Crippen LogP contribution in [0.5, 0.6) is 5.75 Å². The normalized spacial score (nSPS) is 18.2. The summed E-state index contributed by atoms with van der Waals surface area (Å²) in [5, 5.41) is 3.41. The molecule has 0 saturated heterocycles. The van der Waals surface area contributed by atoms with Crippen molar-refractivity contribution < 1.29 is 9.13 Å². The van der Waals surface area contributed by atoms with Gasteiger partial charge in [0.15, 0.2) is 11.6 Å². The molecule has 0 heterocycles. The Morgan fingerprint density at radius 2 is 2.22 bits per heavy atom. The van der Waals surface area contributed by atoms with Gasteiger partial charge in [-0.1, -0.05) is 12.8 Å². The van der Waals surface area contributed by atoms with Gasteiger partial charge in [0, 0.05) is 23.8 Å². The van der Waals surface area contributed by atoms with Crippen LogP contribution >= 0.6 is 0 Å². The van der Waals surface area contributed by atoms with E-state index in [1.807, 2.05) is 0 Å². The van der Waals surface area contributed by atoms with E-state index in [0.29, 0.717) is 6.54 Å². The molecule has 4 heteroatoms. The summed E-state index contributed by atoms with van der Waals surface area (Å²) in [7, 11) is 1.47. The van der Waals surface area contributed by atoms with Gasteiger partial charge in [-0.05, 0) is 31.4 Å². The molecule has 1 unspecified atom stereocenters. The summed E-state index contributed by atoms with van der Waals surface area (Å²) >= 11 is 0. The zero-order valence-electron chi connectivity index (χ0n) is 11.0. The van der Waals surface area contributed by atoms with Gasteiger partial charge in [0.05, 0.1) is 7.11 Å². The number of methoxy groups -OCH3 is 1. The lowest BCUT2D eigenvalue weighted by atomic mass is 9.94. The van der Waals surface area contributed by atoms with Crippen LogP contribution in [0.25, 0.3) is 0 Å². The second-order valence-corrected chi connectivity index (χ2v) is 5.39. The van der Waals surface area contributed by atoms with Gasteiger partial charge in [-0.25, -0.2) is 4.39 Å². The van der Waals surface area contributed by atoms with Crippen LogP contribution in [0.1, 0.15) is 26.2 Å². The molecule has 0 spiro atoms. The molecule has 18 heavy (non-hydrogen) atoms. The Morgan fingerprint density at radius 3 is 2.78 bits per heavy atom. The van der Waals surface area contributed by atoms with Gasteiger partial charge in [-0.2, -0.15) is 0 Å². The van der Waals surface area contributed by atoms with Crippen LogP contribution in [0.2, 0.25) is 0 Å². The molecule has 0 aliphatic heterocycles. The lowest BCUT2D eigenvalue weighted by Gasteiger charge is -2.31. The van der Waals surface area contributed by atoms with E-state index < -0.39 is 0 Å². The average Bonchev–Trinajstić information content (AvgIpc) is 3.15. The summed E-state index contributed by atoms with van der Waals surface area (Å²) in [6, 6.07) is 4.81. The zero-order valence-corrected chi connectivity index (χ0v) is 11.0. The maximum atomic E-state index is 13.3. The van der Waals surface area contributed by atoms with Crippen LogP contribution in [0.15, 0.2) is 18.2 Å². The third-order valence-electron chi connectivity index (χ3n) is 3.48. The number of rotatable bonds is 6. The highest BCUT2D eigenvalue weighted by Crippen LogP contribution is 2.37. The van der Waals surface area contributed by atoms with Crippen molar-refractivity contribution in [2.75, 3.05) is 19.0 Å². The third-order valence-corrected chi connectivity index (χ3v) is 3.48. The van der Waals surface area contributed by atoms with Crippen molar-refractivity contribution in [3.63, 3.8) is 0 Å². The molecule has 1 fully saturated rings. The van der Waals surface area contributed by atoms with Crippen LogP contribution in [-0.2, 0) is 0 Å². The van der Waals surface area contributed by atoms with Crippen molar-refractivity contribution in [1.29, 1.82) is 0 Å². The summed E-state index contributed by atoms with van der Waals surface area (Å²) in [6.45, 7) is 2.67. The van der Waals surface area contributed by atoms with Crippen molar-refractivity contribution >= 4 is 5.69 Å². The average molecular weight is 252 g/mol. The van der Waals surface area contributed by atoms with Crippen molar-refractivity contribution in [3.05, 3.63) is 24.0 Å². The van der Waals surface area contributed by atoms with Gasteiger partial charge in [-0.3, -0.25) is 0 Å². The molecule has 3 N–H and O–H groups in total. The van der Waals surface area contributed by atoms with E-state index in [4.69, 9.17) is 10.5 Å². The number of nitrogens with one attached hydrogen (secondary N) is 1. The molecule has 0 amide bonds. The van der Waals surface area contributed by atoms with Crippen molar-refractivity contribution in [1.82, 2.24) is 0 Å². The first kappa shape index (κ1) is 13.1. The molecule has 0 bridgehead atoms. The Labute approximate surface area is 108 Å². The van der Waals surface area contributed by atoms with Crippen LogP contribution < -0.4 is 15.8 Å². The van der Waals surface area contributed by atoms with Crippen LogP contribution in [0, 0.1) is 11.7 Å². The first-order valence-electron chi connectivity index (χ1n) is 6.38. The highest BCUT2D eigenvalue weighted by atomic mass is 19.1. The van der Waals surface area contributed by atoms with Crippen LogP contribution in [0.4, 0.5) is 10.1 Å². The molecule has 1 aromatic carbocycles. The highest BCUT2D eigenvalue weighted by molar-refractivity contribution is 5.50. The molecule has 2 rings (SSSR count). The smallest absolute Gasteiger partial charge is 0.165 e. The Hall–Kier alpha value is -1.29. The Bertz CT molecular complexity index is 420. The molecule has 1 aliphatic carbocycles. The Morgan fingerprint density at radius 1 is 1.50 bits per heavy atom. The molecule has 0 radical (unpaired) electrons. The van der Waals surface area contributed by atoms with Crippen LogP contribution in [-0.4, -0.2) is 19.2 Å². The second kappa shape index (κ2) is 5.14. The minimum atomic E-state index is -0.348. The lowest BCUT2D eigenvalue weighted by Crippen LogP contribution is -2.43.